The largest absolute Gasteiger partial charge is 0.367 e. The number of rotatable bonds is 4. The lowest BCUT2D eigenvalue weighted by atomic mass is 10.1. The van der Waals surface area contributed by atoms with Gasteiger partial charge in [-0.2, -0.15) is 0 Å². The summed E-state index contributed by atoms with van der Waals surface area (Å²) in [4.78, 5) is 13.7. The van der Waals surface area contributed by atoms with Crippen LogP contribution >= 0.6 is 11.6 Å². The number of hydrogen-bond acceptors (Lipinski definition) is 3. The molecule has 1 heterocycles. The van der Waals surface area contributed by atoms with Crippen molar-refractivity contribution in [2.75, 3.05) is 19.7 Å². The number of carbonyl (C=O) groups excluding carboxylic acids is 1. The van der Waals surface area contributed by atoms with Gasteiger partial charge in [0.2, 0.25) is 5.91 Å². The molecule has 5 heteroatoms. The van der Waals surface area contributed by atoms with Crippen LogP contribution in [0.2, 0.25) is 5.02 Å². The maximum atomic E-state index is 11.9. The van der Waals surface area contributed by atoms with Gasteiger partial charge in [-0.3, -0.25) is 4.79 Å². The molecule has 1 aromatic rings. The highest BCUT2D eigenvalue weighted by molar-refractivity contribution is 6.31. The lowest BCUT2D eigenvalue weighted by Gasteiger charge is -2.30. The van der Waals surface area contributed by atoms with E-state index in [-0.39, 0.29) is 18.6 Å². The van der Waals surface area contributed by atoms with Gasteiger partial charge in [-0.05, 0) is 24.5 Å². The first-order valence-electron chi connectivity index (χ1n) is 6.51. The Morgan fingerprint density at radius 1 is 1.47 bits per heavy atom. The van der Waals surface area contributed by atoms with Crippen LogP contribution in [-0.4, -0.2) is 36.5 Å². The van der Waals surface area contributed by atoms with E-state index in [4.69, 9.17) is 22.1 Å². The Labute approximate surface area is 118 Å². The molecule has 4 nitrogen and oxygen atoms in total. The summed E-state index contributed by atoms with van der Waals surface area (Å²) in [6.45, 7) is 1.85. The minimum Gasteiger partial charge on any atom is -0.367 e. The second-order valence-electron chi connectivity index (χ2n) is 4.83. The van der Waals surface area contributed by atoms with Gasteiger partial charge in [0.25, 0.3) is 0 Å². The number of halogens is 1. The van der Waals surface area contributed by atoms with Crippen LogP contribution in [0, 0.1) is 0 Å². The normalized spacial score (nSPS) is 19.5. The van der Waals surface area contributed by atoms with Gasteiger partial charge in [-0.25, -0.2) is 0 Å². The van der Waals surface area contributed by atoms with Crippen LogP contribution in [0.25, 0.3) is 0 Å². The standard InChI is InChI=1S/C14H19ClN2O2/c15-13-6-2-1-4-11(13)9-19-10-14(18)17-7-3-5-12(16)8-17/h1-2,4,6,12H,3,5,7-10,16H2. The fourth-order valence-electron chi connectivity index (χ4n) is 2.19. The first kappa shape index (κ1) is 14.3. The molecule has 0 aromatic heterocycles. The molecule has 19 heavy (non-hydrogen) atoms. The van der Waals surface area contributed by atoms with Gasteiger partial charge < -0.3 is 15.4 Å². The summed E-state index contributed by atoms with van der Waals surface area (Å²) < 4.78 is 5.43. The Morgan fingerprint density at radius 3 is 3.00 bits per heavy atom. The molecule has 104 valence electrons. The van der Waals surface area contributed by atoms with Crippen LogP contribution in [0.1, 0.15) is 18.4 Å². The average Bonchev–Trinajstić information content (AvgIpc) is 2.41. The molecular weight excluding hydrogens is 264 g/mol. The van der Waals surface area contributed by atoms with Gasteiger partial charge in [0, 0.05) is 24.2 Å². The molecule has 2 rings (SSSR count). The lowest BCUT2D eigenvalue weighted by Crippen LogP contribution is -2.46. The minimum atomic E-state index is 0.00204. The van der Waals surface area contributed by atoms with Crippen LogP contribution in [0.4, 0.5) is 0 Å². The second-order valence-corrected chi connectivity index (χ2v) is 5.23. The fourth-order valence-corrected chi connectivity index (χ4v) is 2.38. The zero-order valence-electron chi connectivity index (χ0n) is 10.8. The zero-order chi connectivity index (χ0) is 13.7. The summed E-state index contributed by atoms with van der Waals surface area (Å²) >= 11 is 6.02. The van der Waals surface area contributed by atoms with Crippen LogP contribution < -0.4 is 5.73 Å². The van der Waals surface area contributed by atoms with Crippen molar-refractivity contribution >= 4 is 17.5 Å². The number of amides is 1. The van der Waals surface area contributed by atoms with Crippen LogP contribution in [-0.2, 0) is 16.1 Å². The number of nitrogens with two attached hydrogens (primary N) is 1. The molecule has 2 N–H and O–H groups in total. The third kappa shape index (κ3) is 4.20. The van der Waals surface area contributed by atoms with Crippen molar-refractivity contribution in [3.05, 3.63) is 34.9 Å². The Hall–Kier alpha value is -1.10. The summed E-state index contributed by atoms with van der Waals surface area (Å²) in [6, 6.07) is 7.57. The highest BCUT2D eigenvalue weighted by Gasteiger charge is 2.20. The number of ether oxygens (including phenoxy) is 1. The highest BCUT2D eigenvalue weighted by Crippen LogP contribution is 2.16. The van der Waals surface area contributed by atoms with Crippen molar-refractivity contribution < 1.29 is 9.53 Å². The molecule has 1 aromatic carbocycles. The molecule has 0 spiro atoms. The minimum absolute atomic E-state index is 0.00204. The highest BCUT2D eigenvalue weighted by atomic mass is 35.5. The van der Waals surface area contributed by atoms with Gasteiger partial charge >= 0.3 is 0 Å². The average molecular weight is 283 g/mol. The molecule has 1 unspecified atom stereocenters. The quantitative estimate of drug-likeness (QED) is 0.916. The van der Waals surface area contributed by atoms with Crippen LogP contribution in [0.3, 0.4) is 0 Å². The molecule has 1 fully saturated rings. The SMILES string of the molecule is NC1CCCN(C(=O)COCc2ccccc2Cl)C1. The maximum Gasteiger partial charge on any atom is 0.248 e. The van der Waals surface area contributed by atoms with E-state index in [1.807, 2.05) is 24.3 Å². The van der Waals surface area contributed by atoms with Crippen molar-refractivity contribution in [1.82, 2.24) is 4.90 Å². The third-order valence-corrected chi connectivity index (χ3v) is 3.62. The molecule has 1 aliphatic heterocycles. The van der Waals surface area contributed by atoms with Crippen molar-refractivity contribution in [2.24, 2.45) is 5.73 Å². The van der Waals surface area contributed by atoms with E-state index in [2.05, 4.69) is 0 Å². The van der Waals surface area contributed by atoms with Crippen molar-refractivity contribution in [3.63, 3.8) is 0 Å². The van der Waals surface area contributed by atoms with Crippen molar-refractivity contribution in [1.29, 1.82) is 0 Å². The van der Waals surface area contributed by atoms with E-state index in [1.165, 1.54) is 0 Å². The molecule has 1 amide bonds. The van der Waals surface area contributed by atoms with E-state index < -0.39 is 0 Å². The molecule has 0 bridgehead atoms. The maximum absolute atomic E-state index is 11.9. The van der Waals surface area contributed by atoms with Gasteiger partial charge in [-0.1, -0.05) is 29.8 Å². The second kappa shape index (κ2) is 6.89. The predicted molar refractivity (Wildman–Crippen MR) is 74.9 cm³/mol. The molecule has 1 saturated heterocycles. The van der Waals surface area contributed by atoms with Gasteiger partial charge in [0.05, 0.1) is 6.61 Å². The number of hydrogen-bond donors (Lipinski definition) is 1. The van der Waals surface area contributed by atoms with E-state index in [9.17, 15) is 4.79 Å². The van der Waals surface area contributed by atoms with Gasteiger partial charge in [0.1, 0.15) is 6.61 Å². The summed E-state index contributed by atoms with van der Waals surface area (Å²) in [5.41, 5.74) is 6.75. The van der Waals surface area contributed by atoms with E-state index in [1.54, 1.807) is 4.90 Å². The number of likely N-dealkylation sites (tertiary alicyclic amines) is 1. The first-order chi connectivity index (χ1) is 9.16. The number of piperidine rings is 1. The number of carbonyl (C=O) groups is 1. The fraction of sp³-hybridized carbons (Fsp3) is 0.500. The van der Waals surface area contributed by atoms with E-state index >= 15 is 0 Å². The number of benzene rings is 1. The smallest absolute Gasteiger partial charge is 0.248 e. The van der Waals surface area contributed by atoms with Gasteiger partial charge in [-0.15, -0.1) is 0 Å². The monoisotopic (exact) mass is 282 g/mol. The Morgan fingerprint density at radius 2 is 2.26 bits per heavy atom. The lowest BCUT2D eigenvalue weighted by molar-refractivity contribution is -0.137. The van der Waals surface area contributed by atoms with Crippen molar-refractivity contribution in [3.8, 4) is 0 Å². The van der Waals surface area contributed by atoms with Gasteiger partial charge in [0.15, 0.2) is 0 Å². The summed E-state index contributed by atoms with van der Waals surface area (Å²) in [5, 5.41) is 0.662. The van der Waals surface area contributed by atoms with E-state index in [0.29, 0.717) is 18.2 Å². The molecule has 0 radical (unpaired) electrons. The molecule has 1 atom stereocenters. The topological polar surface area (TPSA) is 55.6 Å². The number of nitrogens with zero attached hydrogens (tertiary/aromatic N) is 1. The predicted octanol–water partition coefficient (Wildman–Crippen LogP) is 1.81. The molecule has 1 aliphatic rings. The summed E-state index contributed by atoms with van der Waals surface area (Å²) in [5.74, 6) is 0.00204. The van der Waals surface area contributed by atoms with Crippen LogP contribution in [0.5, 0.6) is 0 Å². The molecule has 0 saturated carbocycles. The molecular formula is C14H19ClN2O2. The van der Waals surface area contributed by atoms with Crippen LogP contribution in [0.15, 0.2) is 24.3 Å². The van der Waals surface area contributed by atoms with Crippen molar-refractivity contribution in [2.45, 2.75) is 25.5 Å². The third-order valence-electron chi connectivity index (χ3n) is 3.25. The Bertz CT molecular complexity index is 439. The summed E-state index contributed by atoms with van der Waals surface area (Å²) in [7, 11) is 0. The molecule has 0 aliphatic carbocycles. The Kier molecular flexibility index (Phi) is 5.19. The van der Waals surface area contributed by atoms with E-state index in [0.717, 1.165) is 24.9 Å². The zero-order valence-corrected chi connectivity index (χ0v) is 11.6. The Balaban J connectivity index is 1.76. The first-order valence-corrected chi connectivity index (χ1v) is 6.89. The summed E-state index contributed by atoms with van der Waals surface area (Å²) in [6.07, 6.45) is 1.96.